The molecule has 1 N–H and O–H groups in total. The van der Waals surface area contributed by atoms with Crippen LogP contribution >= 0.6 is 0 Å². The molecule has 10 nitrogen and oxygen atoms in total. The summed E-state index contributed by atoms with van der Waals surface area (Å²) in [6, 6.07) is 3.37. The van der Waals surface area contributed by atoms with Crippen LogP contribution in [0.5, 0.6) is 5.75 Å². The minimum atomic E-state index is -0.697. The van der Waals surface area contributed by atoms with E-state index in [0.717, 1.165) is 41.9 Å². The Bertz CT molecular complexity index is 1310. The van der Waals surface area contributed by atoms with Crippen LogP contribution < -0.4 is 9.64 Å². The lowest BCUT2D eigenvalue weighted by molar-refractivity contribution is -0.134. The largest absolute Gasteiger partial charge is 0.487 e. The fourth-order valence-electron chi connectivity index (χ4n) is 5.32. The highest BCUT2D eigenvalue weighted by atomic mass is 19.1. The van der Waals surface area contributed by atoms with Gasteiger partial charge in [-0.25, -0.2) is 18.7 Å². The van der Waals surface area contributed by atoms with Gasteiger partial charge in [0.05, 0.1) is 43.9 Å². The van der Waals surface area contributed by atoms with E-state index in [4.69, 9.17) is 19.4 Å². The molecule has 39 heavy (non-hydrogen) atoms. The highest BCUT2D eigenvalue weighted by molar-refractivity contribution is 5.79. The van der Waals surface area contributed by atoms with E-state index in [1.54, 1.807) is 12.4 Å². The maximum Gasteiger partial charge on any atom is 0.237 e. The van der Waals surface area contributed by atoms with E-state index in [-0.39, 0.29) is 17.8 Å². The molecule has 2 aromatic heterocycles. The minimum Gasteiger partial charge on any atom is -0.487 e. The molecule has 0 aliphatic carbocycles. The van der Waals surface area contributed by atoms with E-state index in [0.29, 0.717) is 70.9 Å². The number of carbonyl (C=O) groups excluding carboxylic acids is 1. The Morgan fingerprint density at radius 3 is 2.64 bits per heavy atom. The van der Waals surface area contributed by atoms with Crippen LogP contribution in [-0.4, -0.2) is 94.5 Å². The van der Waals surface area contributed by atoms with E-state index < -0.39 is 11.6 Å². The van der Waals surface area contributed by atoms with Crippen LogP contribution in [0.25, 0.3) is 11.3 Å². The summed E-state index contributed by atoms with van der Waals surface area (Å²) in [6.07, 6.45) is 5.28. The van der Waals surface area contributed by atoms with Crippen LogP contribution in [0.2, 0.25) is 0 Å². The summed E-state index contributed by atoms with van der Waals surface area (Å²) in [6.45, 7) is 5.57. The molecule has 2 saturated heterocycles. The summed E-state index contributed by atoms with van der Waals surface area (Å²) in [5.74, 6) is -0.391. The predicted octanol–water partition coefficient (Wildman–Crippen LogP) is 2.41. The molecule has 0 atom stereocenters. The molecule has 1 amide bonds. The van der Waals surface area contributed by atoms with Crippen LogP contribution in [0.15, 0.2) is 30.6 Å². The molecule has 3 aliphatic rings. The summed E-state index contributed by atoms with van der Waals surface area (Å²) in [4.78, 5) is 29.2. The van der Waals surface area contributed by atoms with Crippen molar-refractivity contribution in [1.29, 1.82) is 0 Å². The number of ether oxygens (including phenoxy) is 2. The van der Waals surface area contributed by atoms with Crippen molar-refractivity contribution in [2.45, 2.75) is 31.9 Å². The van der Waals surface area contributed by atoms with E-state index in [1.165, 1.54) is 12.1 Å². The quantitative estimate of drug-likeness (QED) is 0.510. The van der Waals surface area contributed by atoms with Gasteiger partial charge in [0, 0.05) is 69.8 Å². The lowest BCUT2D eigenvalue weighted by Gasteiger charge is -2.35. The number of morpholine rings is 1. The number of nitrogens with zero attached hydrogens (tertiary/aromatic N) is 6. The van der Waals surface area contributed by atoms with Gasteiger partial charge in [-0.1, -0.05) is 0 Å². The van der Waals surface area contributed by atoms with Crippen LogP contribution in [-0.2, 0) is 22.5 Å². The van der Waals surface area contributed by atoms with Gasteiger partial charge in [0.2, 0.25) is 5.91 Å². The minimum absolute atomic E-state index is 0.0650. The van der Waals surface area contributed by atoms with Crippen LogP contribution in [0.3, 0.4) is 0 Å². The number of nitrogens with one attached hydrogen (secondary N) is 1. The van der Waals surface area contributed by atoms with Crippen molar-refractivity contribution in [2.75, 3.05) is 57.4 Å². The lowest BCUT2D eigenvalue weighted by Crippen LogP contribution is -2.46. The molecule has 6 rings (SSSR count). The molecule has 206 valence electrons. The Morgan fingerprint density at radius 2 is 1.90 bits per heavy atom. The average Bonchev–Trinajstić information content (AvgIpc) is 3.50. The summed E-state index contributed by atoms with van der Waals surface area (Å²) in [7, 11) is 0. The van der Waals surface area contributed by atoms with Crippen molar-refractivity contribution < 1.29 is 23.0 Å². The molecule has 0 bridgehead atoms. The van der Waals surface area contributed by atoms with Crippen molar-refractivity contribution >= 4 is 11.7 Å². The molecular formula is C27H31F2N7O3. The van der Waals surface area contributed by atoms with Gasteiger partial charge in [0.25, 0.3) is 0 Å². The number of hydrogen-bond donors (Lipinski definition) is 1. The first-order valence-electron chi connectivity index (χ1n) is 13.4. The number of aromatic nitrogens is 4. The number of piperidine rings is 1. The first-order valence-corrected chi connectivity index (χ1v) is 13.4. The zero-order valence-corrected chi connectivity index (χ0v) is 21.6. The molecule has 5 heterocycles. The van der Waals surface area contributed by atoms with E-state index in [1.807, 2.05) is 4.90 Å². The number of benzene rings is 1. The molecule has 0 radical (unpaired) electrons. The standard InChI is InChI=1S/C27H31F2N7O3/c28-19-1-2-24(21(29)13-19)39-20-3-6-35(7-4-20)27-26(18-14-30-31-15-18)32-23-16-36(8-5-22(23)33-27)25(37)17-34-9-11-38-12-10-34/h1-2,13-15,20H,3-12,16-17H2,(H,30,31). The molecule has 0 saturated carbocycles. The Kier molecular flexibility index (Phi) is 7.38. The SMILES string of the molecule is O=C(CN1CCOCC1)N1CCc2nc(N3CCC(Oc4ccc(F)cc4F)CC3)c(-c3cn[nH]c3)nc2C1. The van der Waals surface area contributed by atoms with Crippen molar-refractivity contribution in [3.8, 4) is 17.0 Å². The Balaban J connectivity index is 1.17. The Morgan fingerprint density at radius 1 is 1.08 bits per heavy atom. The number of rotatable bonds is 6. The fourth-order valence-corrected chi connectivity index (χ4v) is 5.32. The van der Waals surface area contributed by atoms with Crippen molar-refractivity contribution in [2.24, 2.45) is 0 Å². The summed E-state index contributed by atoms with van der Waals surface area (Å²) < 4.78 is 38.6. The number of fused-ring (bicyclic) bond motifs is 1. The van der Waals surface area contributed by atoms with E-state index >= 15 is 0 Å². The van der Waals surface area contributed by atoms with Gasteiger partial charge in [-0.15, -0.1) is 0 Å². The maximum atomic E-state index is 14.1. The topological polar surface area (TPSA) is 99.7 Å². The number of anilines is 1. The second-order valence-electron chi connectivity index (χ2n) is 10.1. The average molecular weight is 540 g/mol. The second-order valence-corrected chi connectivity index (χ2v) is 10.1. The molecule has 12 heteroatoms. The van der Waals surface area contributed by atoms with Crippen molar-refractivity contribution in [3.05, 3.63) is 53.6 Å². The van der Waals surface area contributed by atoms with Crippen LogP contribution in [0.1, 0.15) is 24.2 Å². The number of halogens is 2. The maximum absolute atomic E-state index is 14.1. The first-order chi connectivity index (χ1) is 19.0. The van der Waals surface area contributed by atoms with Gasteiger partial charge < -0.3 is 19.3 Å². The van der Waals surface area contributed by atoms with Gasteiger partial charge in [0.15, 0.2) is 17.4 Å². The van der Waals surface area contributed by atoms with E-state index in [9.17, 15) is 13.6 Å². The third-order valence-corrected chi connectivity index (χ3v) is 7.51. The highest BCUT2D eigenvalue weighted by Crippen LogP contribution is 2.32. The van der Waals surface area contributed by atoms with Gasteiger partial charge >= 0.3 is 0 Å². The molecule has 3 aliphatic heterocycles. The van der Waals surface area contributed by atoms with Crippen LogP contribution in [0, 0.1) is 11.6 Å². The smallest absolute Gasteiger partial charge is 0.237 e. The zero-order valence-electron chi connectivity index (χ0n) is 21.6. The highest BCUT2D eigenvalue weighted by Gasteiger charge is 2.30. The Labute approximate surface area is 224 Å². The third-order valence-electron chi connectivity index (χ3n) is 7.51. The number of aromatic amines is 1. The summed E-state index contributed by atoms with van der Waals surface area (Å²) >= 11 is 0. The second kappa shape index (κ2) is 11.2. The predicted molar refractivity (Wildman–Crippen MR) is 138 cm³/mol. The molecule has 0 spiro atoms. The zero-order chi connectivity index (χ0) is 26.8. The van der Waals surface area contributed by atoms with Crippen molar-refractivity contribution in [3.63, 3.8) is 0 Å². The molecule has 2 fully saturated rings. The fraction of sp³-hybridized carbons (Fsp3) is 0.481. The molecule has 1 aromatic carbocycles. The summed E-state index contributed by atoms with van der Waals surface area (Å²) in [5, 5.41) is 6.96. The number of carbonyl (C=O) groups is 1. The molecule has 3 aromatic rings. The van der Waals surface area contributed by atoms with Gasteiger partial charge in [-0.3, -0.25) is 14.8 Å². The Hall–Kier alpha value is -3.64. The summed E-state index contributed by atoms with van der Waals surface area (Å²) in [5.41, 5.74) is 3.25. The first kappa shape index (κ1) is 25.6. The molecule has 0 unspecified atom stereocenters. The lowest BCUT2D eigenvalue weighted by atomic mass is 10.1. The normalized spacial score (nSPS) is 18.7. The van der Waals surface area contributed by atoms with Crippen molar-refractivity contribution in [1.82, 2.24) is 30.0 Å². The van der Waals surface area contributed by atoms with Gasteiger partial charge in [-0.05, 0) is 12.1 Å². The number of H-pyrrole nitrogens is 1. The van der Waals surface area contributed by atoms with Crippen LogP contribution in [0.4, 0.5) is 14.6 Å². The third kappa shape index (κ3) is 5.71. The monoisotopic (exact) mass is 539 g/mol. The van der Waals surface area contributed by atoms with Gasteiger partial charge in [-0.2, -0.15) is 5.10 Å². The number of hydrogen-bond acceptors (Lipinski definition) is 8. The van der Waals surface area contributed by atoms with Gasteiger partial charge in [0.1, 0.15) is 17.6 Å². The van der Waals surface area contributed by atoms with E-state index in [2.05, 4.69) is 20.0 Å². The molecular weight excluding hydrogens is 508 g/mol. The number of amides is 1.